The summed E-state index contributed by atoms with van der Waals surface area (Å²) < 4.78 is 0. The van der Waals surface area contributed by atoms with E-state index >= 15 is 0 Å². The molecule has 0 aromatic rings. The standard InChI is InChI=1S/C10H21N2O/c1-11-6-8-12(9-7-11)5-3-2-4-10-13/h2-10H2,1H3. The summed E-state index contributed by atoms with van der Waals surface area (Å²) in [5, 5.41) is 10.2. The summed E-state index contributed by atoms with van der Waals surface area (Å²) in [6, 6.07) is 0. The lowest BCUT2D eigenvalue weighted by atomic mass is 10.2. The zero-order valence-electron chi connectivity index (χ0n) is 8.67. The van der Waals surface area contributed by atoms with E-state index in [1.807, 2.05) is 0 Å². The minimum Gasteiger partial charge on any atom is -0.304 e. The number of nitrogens with zero attached hydrogens (tertiary/aromatic N) is 2. The Morgan fingerprint density at radius 2 is 1.69 bits per heavy atom. The fraction of sp³-hybridized carbons (Fsp3) is 1.00. The maximum absolute atomic E-state index is 10.2. The van der Waals surface area contributed by atoms with E-state index in [-0.39, 0.29) is 6.61 Å². The molecule has 0 aliphatic carbocycles. The van der Waals surface area contributed by atoms with Crippen LogP contribution in [0, 0.1) is 0 Å². The highest BCUT2D eigenvalue weighted by atomic mass is 16.2. The van der Waals surface area contributed by atoms with Crippen LogP contribution in [0.2, 0.25) is 0 Å². The van der Waals surface area contributed by atoms with Crippen LogP contribution in [0.25, 0.3) is 0 Å². The Balaban J connectivity index is 1.96. The van der Waals surface area contributed by atoms with Crippen LogP contribution in [0.15, 0.2) is 0 Å². The Kier molecular flexibility index (Phi) is 5.35. The Hall–Kier alpha value is -0.120. The first-order valence-electron chi connectivity index (χ1n) is 5.32. The lowest BCUT2D eigenvalue weighted by molar-refractivity contribution is 0.148. The summed E-state index contributed by atoms with van der Waals surface area (Å²) in [5.41, 5.74) is 0. The molecule has 3 nitrogen and oxygen atoms in total. The zero-order chi connectivity index (χ0) is 9.52. The van der Waals surface area contributed by atoms with E-state index in [2.05, 4.69) is 16.8 Å². The lowest BCUT2D eigenvalue weighted by Crippen LogP contribution is -2.44. The summed E-state index contributed by atoms with van der Waals surface area (Å²) in [4.78, 5) is 4.87. The van der Waals surface area contributed by atoms with Gasteiger partial charge in [0, 0.05) is 26.2 Å². The minimum atomic E-state index is 0.0999. The first-order valence-corrected chi connectivity index (χ1v) is 5.32. The smallest absolute Gasteiger partial charge is 0.0822 e. The molecule has 0 aromatic carbocycles. The van der Waals surface area contributed by atoms with Crippen LogP contribution < -0.4 is 0 Å². The molecule has 0 saturated carbocycles. The number of unbranched alkanes of at least 4 members (excludes halogenated alkanes) is 2. The van der Waals surface area contributed by atoms with Gasteiger partial charge in [-0.2, -0.15) is 0 Å². The van der Waals surface area contributed by atoms with Crippen molar-refractivity contribution < 1.29 is 5.11 Å². The van der Waals surface area contributed by atoms with E-state index in [1.165, 1.54) is 39.1 Å². The highest BCUT2D eigenvalue weighted by Crippen LogP contribution is 2.02. The van der Waals surface area contributed by atoms with E-state index < -0.39 is 0 Å². The third-order valence-corrected chi connectivity index (χ3v) is 2.71. The van der Waals surface area contributed by atoms with Gasteiger partial charge in [0.05, 0.1) is 6.61 Å². The van der Waals surface area contributed by atoms with Crippen LogP contribution in [-0.4, -0.2) is 56.2 Å². The van der Waals surface area contributed by atoms with Crippen molar-refractivity contribution in [3.8, 4) is 0 Å². The van der Waals surface area contributed by atoms with Gasteiger partial charge in [-0.1, -0.05) is 0 Å². The van der Waals surface area contributed by atoms with Gasteiger partial charge < -0.3 is 9.80 Å². The predicted molar refractivity (Wildman–Crippen MR) is 53.3 cm³/mol. The average Bonchev–Trinajstić information content (AvgIpc) is 2.15. The summed E-state index contributed by atoms with van der Waals surface area (Å²) >= 11 is 0. The molecule has 77 valence electrons. The van der Waals surface area contributed by atoms with Crippen LogP contribution in [0.4, 0.5) is 0 Å². The van der Waals surface area contributed by atoms with E-state index in [0.717, 1.165) is 12.8 Å². The van der Waals surface area contributed by atoms with Crippen molar-refractivity contribution in [3.63, 3.8) is 0 Å². The molecule has 0 spiro atoms. The van der Waals surface area contributed by atoms with E-state index in [0.29, 0.717) is 0 Å². The molecule has 0 unspecified atom stereocenters. The predicted octanol–water partition coefficient (Wildman–Crippen LogP) is 0.835. The number of likely N-dealkylation sites (N-methyl/N-ethyl adjacent to an activating group) is 1. The molecule has 0 aromatic heterocycles. The van der Waals surface area contributed by atoms with Crippen molar-refractivity contribution in [1.82, 2.24) is 9.80 Å². The van der Waals surface area contributed by atoms with Gasteiger partial charge >= 0.3 is 0 Å². The summed E-state index contributed by atoms with van der Waals surface area (Å²) in [6.07, 6.45) is 3.16. The molecule has 0 atom stereocenters. The quantitative estimate of drug-likeness (QED) is 0.593. The average molecular weight is 185 g/mol. The second kappa shape index (κ2) is 6.35. The molecule has 0 N–H and O–H groups in total. The van der Waals surface area contributed by atoms with Crippen molar-refractivity contribution >= 4 is 0 Å². The van der Waals surface area contributed by atoms with Crippen molar-refractivity contribution in [2.24, 2.45) is 0 Å². The first-order chi connectivity index (χ1) is 6.33. The second-order valence-corrected chi connectivity index (χ2v) is 3.91. The van der Waals surface area contributed by atoms with Gasteiger partial charge in [0.15, 0.2) is 0 Å². The molecule has 1 heterocycles. The molecule has 1 radical (unpaired) electrons. The van der Waals surface area contributed by atoms with Gasteiger partial charge in [0.2, 0.25) is 0 Å². The lowest BCUT2D eigenvalue weighted by Gasteiger charge is -2.32. The molecule has 0 bridgehead atoms. The summed E-state index contributed by atoms with van der Waals surface area (Å²) in [7, 11) is 2.18. The monoisotopic (exact) mass is 185 g/mol. The fourth-order valence-corrected chi connectivity index (χ4v) is 1.69. The maximum atomic E-state index is 10.2. The molecule has 0 amide bonds. The van der Waals surface area contributed by atoms with Crippen molar-refractivity contribution in [3.05, 3.63) is 0 Å². The Bertz CT molecular complexity index is 122. The fourth-order valence-electron chi connectivity index (χ4n) is 1.69. The third-order valence-electron chi connectivity index (χ3n) is 2.71. The first kappa shape index (κ1) is 11.0. The molecule has 1 saturated heterocycles. The number of hydrogen-bond acceptors (Lipinski definition) is 2. The zero-order valence-corrected chi connectivity index (χ0v) is 8.67. The van der Waals surface area contributed by atoms with Gasteiger partial charge in [-0.25, -0.2) is 5.11 Å². The van der Waals surface area contributed by atoms with Gasteiger partial charge in [0.1, 0.15) is 0 Å². The molecule has 1 fully saturated rings. The van der Waals surface area contributed by atoms with Crippen molar-refractivity contribution in [2.75, 3.05) is 46.4 Å². The molecular weight excluding hydrogens is 164 g/mol. The van der Waals surface area contributed by atoms with E-state index in [1.54, 1.807) is 0 Å². The van der Waals surface area contributed by atoms with Crippen molar-refractivity contribution in [2.45, 2.75) is 19.3 Å². The number of piperazine rings is 1. The molecule has 1 aliphatic rings. The highest BCUT2D eigenvalue weighted by Gasteiger charge is 2.12. The van der Waals surface area contributed by atoms with Crippen LogP contribution in [0.5, 0.6) is 0 Å². The van der Waals surface area contributed by atoms with Gasteiger partial charge in [-0.15, -0.1) is 0 Å². The van der Waals surface area contributed by atoms with Crippen molar-refractivity contribution in [1.29, 1.82) is 0 Å². The number of rotatable bonds is 5. The molecule has 1 aliphatic heterocycles. The topological polar surface area (TPSA) is 26.4 Å². The van der Waals surface area contributed by atoms with Gasteiger partial charge in [-0.05, 0) is 32.9 Å². The van der Waals surface area contributed by atoms with Crippen LogP contribution in [0.3, 0.4) is 0 Å². The Labute approximate surface area is 81.3 Å². The van der Waals surface area contributed by atoms with Crippen LogP contribution >= 0.6 is 0 Å². The van der Waals surface area contributed by atoms with E-state index in [4.69, 9.17) is 0 Å². The SMILES string of the molecule is CN1CCN(CCCCC[O])CC1. The molecular formula is C10H21N2O. The molecule has 13 heavy (non-hydrogen) atoms. The van der Waals surface area contributed by atoms with Crippen LogP contribution in [-0.2, 0) is 5.11 Å². The summed E-state index contributed by atoms with van der Waals surface area (Å²) in [5.74, 6) is 0. The maximum Gasteiger partial charge on any atom is 0.0822 e. The van der Waals surface area contributed by atoms with E-state index in [9.17, 15) is 5.11 Å². The molecule has 3 heteroatoms. The van der Waals surface area contributed by atoms with Gasteiger partial charge in [0.25, 0.3) is 0 Å². The Morgan fingerprint density at radius 3 is 2.31 bits per heavy atom. The summed E-state index contributed by atoms with van der Waals surface area (Å²) in [6.45, 7) is 6.08. The number of hydrogen-bond donors (Lipinski definition) is 0. The minimum absolute atomic E-state index is 0.0999. The van der Waals surface area contributed by atoms with Crippen LogP contribution in [0.1, 0.15) is 19.3 Å². The van der Waals surface area contributed by atoms with Gasteiger partial charge in [-0.3, -0.25) is 0 Å². The normalized spacial score (nSPS) is 20.8. The highest BCUT2D eigenvalue weighted by molar-refractivity contribution is 4.68. The second-order valence-electron chi connectivity index (χ2n) is 3.91. The molecule has 1 rings (SSSR count). The largest absolute Gasteiger partial charge is 0.304 e. The third kappa shape index (κ3) is 4.60. The Morgan fingerprint density at radius 1 is 1.00 bits per heavy atom.